The molecule has 7 amide bonds. The quantitative estimate of drug-likeness (QED) is 0.0251. The number of nitrogens with one attached hydrogen (secondary N) is 8. The molecule has 124 heavy (non-hydrogen) atoms. The first kappa shape index (κ1) is 118. The summed E-state index contributed by atoms with van der Waals surface area (Å²) in [5.41, 5.74) is -7.01. The van der Waals surface area contributed by atoms with Gasteiger partial charge in [0.2, 0.25) is 11.8 Å². The predicted octanol–water partition coefficient (Wildman–Crippen LogP) is -31.7. The van der Waals surface area contributed by atoms with E-state index in [-0.39, 0.29) is 39.9 Å². The Morgan fingerprint density at radius 3 is 0.766 bits per heavy atom. The van der Waals surface area contributed by atoms with E-state index in [0.717, 1.165) is 16.7 Å². The summed E-state index contributed by atoms with van der Waals surface area (Å²) in [6.07, 6.45) is -67.3. The van der Waals surface area contributed by atoms with Gasteiger partial charge in [-0.1, -0.05) is 0 Å². The zero-order valence-electron chi connectivity index (χ0n) is 66.2. The van der Waals surface area contributed by atoms with E-state index in [2.05, 4.69) is 16.0 Å². The minimum atomic E-state index is -2.80. The van der Waals surface area contributed by atoms with Crippen molar-refractivity contribution in [1.82, 2.24) is 57.2 Å². The van der Waals surface area contributed by atoms with Crippen molar-refractivity contribution >= 4 is 65.2 Å². The first-order valence-corrected chi connectivity index (χ1v) is 37.5. The zero-order valence-corrected chi connectivity index (χ0v) is 68.5. The van der Waals surface area contributed by atoms with Crippen molar-refractivity contribution in [1.29, 1.82) is 0 Å². The van der Waals surface area contributed by atoms with Gasteiger partial charge < -0.3 is 235 Å². The van der Waals surface area contributed by atoms with Crippen LogP contribution in [0.25, 0.3) is 0 Å². The molecule has 1 radical (unpaired) electrons. The van der Waals surface area contributed by atoms with Gasteiger partial charge in [-0.05, 0) is 19.8 Å². The van der Waals surface area contributed by atoms with Crippen LogP contribution in [-0.2, 0) is 52.7 Å². The summed E-state index contributed by atoms with van der Waals surface area (Å²) in [6.45, 7) is -21.9. The number of nitrogens with zero attached hydrogens (tertiary/aromatic N) is 3. The first-order valence-electron chi connectivity index (χ1n) is 37.5. The summed E-state index contributed by atoms with van der Waals surface area (Å²) in [4.78, 5) is 150. The number of carbonyl (C=O) groups is 11. The second-order valence-corrected chi connectivity index (χ2v) is 29.9. The van der Waals surface area contributed by atoms with Crippen molar-refractivity contribution in [3.63, 3.8) is 0 Å². The Bertz CT molecular complexity index is 3120. The van der Waals surface area contributed by atoms with Gasteiger partial charge >= 0.3 is 39.9 Å². The maximum atomic E-state index is 14.2. The third-order valence-corrected chi connectivity index (χ3v) is 20.3. The third-order valence-electron chi connectivity index (χ3n) is 20.3. The molecular formula is C66H117GdN11O46-. The first-order chi connectivity index (χ1) is 57.1. The van der Waals surface area contributed by atoms with Gasteiger partial charge in [-0.2, -0.15) is 0 Å². The molecule has 39 N–H and O–H groups in total. The summed E-state index contributed by atoms with van der Waals surface area (Å²) < 4.78 is 0. The molecule has 0 aromatic rings. The van der Waals surface area contributed by atoms with Crippen LogP contribution < -0.4 is 63.0 Å². The van der Waals surface area contributed by atoms with Crippen molar-refractivity contribution in [3.8, 4) is 0 Å². The fourth-order valence-electron chi connectivity index (χ4n) is 12.2. The van der Waals surface area contributed by atoms with Gasteiger partial charge in [0, 0.05) is 133 Å². The topological polar surface area (TPSA) is 1010 Å². The van der Waals surface area contributed by atoms with Gasteiger partial charge in [0.25, 0.3) is 29.5 Å². The van der Waals surface area contributed by atoms with Crippen molar-refractivity contribution in [2.75, 3.05) is 131 Å². The van der Waals surface area contributed by atoms with E-state index in [1.165, 1.54) is 0 Å². The smallest absolute Gasteiger partial charge is 0.549 e. The molecule has 0 spiro atoms. The van der Waals surface area contributed by atoms with Crippen LogP contribution in [0.3, 0.4) is 0 Å². The van der Waals surface area contributed by atoms with E-state index in [9.17, 15) is 231 Å². The minimum Gasteiger partial charge on any atom is -0.549 e. The number of aliphatic carboxylic acids is 4. The molecule has 1 heterocycles. The molecule has 1 saturated heterocycles. The molecule has 0 aliphatic carbocycles. The van der Waals surface area contributed by atoms with Crippen LogP contribution in [0.4, 0.5) is 0 Å². The molecule has 1 aliphatic heterocycles. The van der Waals surface area contributed by atoms with E-state index >= 15 is 0 Å². The van der Waals surface area contributed by atoms with Crippen molar-refractivity contribution in [3.05, 3.63) is 0 Å². The van der Waals surface area contributed by atoms with Crippen LogP contribution >= 0.6 is 0 Å². The molecule has 721 valence electrons. The Balaban J connectivity index is 0.000151. The van der Waals surface area contributed by atoms with E-state index in [4.69, 9.17) is 0 Å². The van der Waals surface area contributed by atoms with E-state index in [1.807, 2.05) is 26.6 Å². The van der Waals surface area contributed by atoms with Crippen molar-refractivity contribution in [2.45, 2.75) is 203 Å². The normalized spacial score (nSPS) is 21.8. The summed E-state index contributed by atoms with van der Waals surface area (Å²) in [5.74, 6) is -19.6. The molecule has 28 atom stereocenters. The fraction of sp³-hybridized carbons (Fsp3) is 0.833. The number of aliphatic hydroxyl groups is 31. The van der Waals surface area contributed by atoms with Gasteiger partial charge in [-0.15, -0.1) is 0 Å². The molecule has 1 aliphatic rings. The second kappa shape index (κ2) is 56.5. The maximum Gasteiger partial charge on any atom is 3.00 e. The number of aliphatic hydroxyl groups excluding tert-OH is 31. The van der Waals surface area contributed by atoms with Crippen molar-refractivity contribution < 1.29 is 271 Å². The average Bonchev–Trinajstić information content (AvgIpc) is 1.59. The molecule has 0 saturated carbocycles. The zero-order chi connectivity index (χ0) is 94.8. The van der Waals surface area contributed by atoms with Crippen LogP contribution in [-0.4, -0.2) is 540 Å². The Kier molecular flexibility index (Phi) is 53.8. The average molecular weight is 1960 g/mol. The molecule has 1 rings (SSSR count). The Morgan fingerprint density at radius 2 is 0.548 bits per heavy atom. The van der Waals surface area contributed by atoms with E-state index < -0.39 is 403 Å². The molecule has 58 heteroatoms. The molecular weight excluding hydrogens is 1840 g/mol. The van der Waals surface area contributed by atoms with Gasteiger partial charge in [-0.3, -0.25) is 53.6 Å². The summed E-state index contributed by atoms with van der Waals surface area (Å²) in [7, 11) is 0. The number of hydrogen-bond donors (Lipinski definition) is 39. The molecule has 1 fully saturated rings. The predicted molar refractivity (Wildman–Crippen MR) is 386 cm³/mol. The Morgan fingerprint density at radius 1 is 0.331 bits per heavy atom. The summed E-state index contributed by atoms with van der Waals surface area (Å²) in [5, 5.41) is 383. The van der Waals surface area contributed by atoms with E-state index in [0.29, 0.717) is 4.90 Å². The number of rotatable bonds is 62. The van der Waals surface area contributed by atoms with Crippen LogP contribution in [0.1, 0.15) is 32.6 Å². The standard InChI is InChI=1S/C66H121N11O46.Gd/c1-64(77(8-36(92)93)9-37(94)95)24-75(26(62(120)121)2-4-34(90)67-16-65(18-69-56(114)50(108)44(102)38(96)28(84)10-78,19-70-57(115)51(109)45(103)39(97)29(85)11-79)20-71-58(116)52(110)46(104)40(98)30(86)12-80)6-7-76(25-64)27(63(122)123)3-5-35(91)68-17-66(21-72-59(117)53(111)47(105)41(99)31(87)13-81,22-73-60(118)54(112)48(106)42(100)32(88)14-82)23-74-61(119)55(113)49(107)43(101)33(89)15-83;/h26-33,38-56,69,78-89,96-114H,2-25H2,1H3,(H,67,90)(H,68,91)(H,70,115)(H,71,116)(H,72,117)(H,73,118)(H,74,119)(H,92,93)(H,94,95)(H,120,121)(H,122,123);/q;+3/p-4. The molecule has 0 aromatic carbocycles. The summed E-state index contributed by atoms with van der Waals surface area (Å²) >= 11 is 0. The van der Waals surface area contributed by atoms with Gasteiger partial charge in [0.15, 0.2) is 30.5 Å². The summed E-state index contributed by atoms with van der Waals surface area (Å²) in [6, 6.07) is -4.31. The van der Waals surface area contributed by atoms with Crippen LogP contribution in [0, 0.1) is 50.8 Å². The third kappa shape index (κ3) is 36.6. The second-order valence-electron chi connectivity index (χ2n) is 29.9. The van der Waals surface area contributed by atoms with Gasteiger partial charge in [-0.25, -0.2) is 0 Å². The molecule has 57 nitrogen and oxygen atoms in total. The van der Waals surface area contributed by atoms with Crippen molar-refractivity contribution in [2.24, 2.45) is 10.8 Å². The monoisotopic (exact) mass is 1960 g/mol. The van der Waals surface area contributed by atoms with E-state index in [1.54, 1.807) is 0 Å². The number of carboxylic acids is 4. The Labute approximate surface area is 735 Å². The maximum absolute atomic E-state index is 14.2. The van der Waals surface area contributed by atoms with Crippen LogP contribution in [0.2, 0.25) is 0 Å². The molecule has 0 bridgehead atoms. The number of hydrogen-bond acceptors (Lipinski definition) is 50. The van der Waals surface area contributed by atoms with Gasteiger partial charge in [0.1, 0.15) is 122 Å². The largest absolute Gasteiger partial charge is 3.00 e. The number of carbonyl (C=O) groups excluding carboxylic acids is 11. The molecule has 0 aromatic heterocycles. The van der Waals surface area contributed by atoms with Gasteiger partial charge in [0.05, 0.1) is 63.5 Å². The fourth-order valence-corrected chi connectivity index (χ4v) is 12.2. The van der Waals surface area contributed by atoms with Crippen LogP contribution in [0.5, 0.6) is 0 Å². The minimum absolute atomic E-state index is 0. The number of amides is 7. The Hall–Kier alpha value is -5.91. The van der Waals surface area contributed by atoms with Crippen LogP contribution in [0.15, 0.2) is 0 Å². The molecule has 28 unspecified atom stereocenters. The number of carboxylic acid groups (broad SMARTS) is 4. The SMILES string of the molecule is CC1(N(CC(=O)[O-])CC(=O)[O-])CN(C(CCC(=O)NCC(CNC(=O)C(O)C(O)C(O)C(O)CO)(CNC(=O)C(O)C(O)C(O)C(O)CO)CNC(=O)C(O)C(O)C(O)C(O)CO)C(=O)[O-])CCN(C(CCC(=O)NCC(CNC(=O)C(O)C(O)C(O)C(O)CO)(CNC(=O)C(O)C(O)C(O)C(O)CO)CNC(O)C(O)C(O)C(O)C(O)CO)C(=O)[O-])C1.[Gd+3].